The van der Waals surface area contributed by atoms with Crippen molar-refractivity contribution in [1.29, 1.82) is 0 Å². The molecule has 27 heavy (non-hydrogen) atoms. The third-order valence-corrected chi connectivity index (χ3v) is 4.64. The van der Waals surface area contributed by atoms with Crippen molar-refractivity contribution >= 4 is 11.6 Å². The molecule has 6 nitrogen and oxygen atoms in total. The fraction of sp³-hybridized carbons (Fsp3) is 0.381. The smallest absolute Gasteiger partial charge is 0.193 e. The molecule has 1 aliphatic heterocycles. The van der Waals surface area contributed by atoms with Crippen molar-refractivity contribution < 1.29 is 9.47 Å². The van der Waals surface area contributed by atoms with Crippen LogP contribution in [0.3, 0.4) is 0 Å². The molecule has 1 unspecified atom stereocenters. The number of likely N-dealkylation sites (tertiary alicyclic amines) is 1. The van der Waals surface area contributed by atoms with Crippen molar-refractivity contribution in [3.63, 3.8) is 0 Å². The van der Waals surface area contributed by atoms with Crippen LogP contribution in [-0.4, -0.2) is 50.3 Å². The van der Waals surface area contributed by atoms with Crippen molar-refractivity contribution in [1.82, 2.24) is 4.90 Å². The van der Waals surface area contributed by atoms with E-state index < -0.39 is 0 Å². The van der Waals surface area contributed by atoms with Crippen LogP contribution in [0, 0.1) is 0 Å². The van der Waals surface area contributed by atoms with Crippen molar-refractivity contribution in [2.75, 3.05) is 38.7 Å². The molecule has 144 valence electrons. The minimum absolute atomic E-state index is 0.422. The molecule has 1 saturated heterocycles. The Balaban J connectivity index is 1.55. The molecule has 0 aromatic heterocycles. The zero-order valence-electron chi connectivity index (χ0n) is 15.8. The summed E-state index contributed by atoms with van der Waals surface area (Å²) in [6.45, 7) is 3.50. The monoisotopic (exact) mass is 368 g/mol. The first-order valence-corrected chi connectivity index (χ1v) is 9.37. The van der Waals surface area contributed by atoms with Gasteiger partial charge < -0.3 is 20.5 Å². The van der Waals surface area contributed by atoms with Crippen LogP contribution in [0.1, 0.15) is 12.8 Å². The van der Waals surface area contributed by atoms with E-state index in [1.807, 2.05) is 54.6 Å². The Morgan fingerprint density at radius 1 is 1.19 bits per heavy atom. The van der Waals surface area contributed by atoms with Gasteiger partial charge in [-0.25, -0.2) is 0 Å². The number of ether oxygens (including phenoxy) is 2. The van der Waals surface area contributed by atoms with Crippen molar-refractivity contribution in [3.8, 4) is 11.5 Å². The highest BCUT2D eigenvalue weighted by Crippen LogP contribution is 2.23. The lowest BCUT2D eigenvalue weighted by atomic mass is 10.2. The van der Waals surface area contributed by atoms with E-state index in [1.165, 1.54) is 6.42 Å². The predicted octanol–water partition coefficient (Wildman–Crippen LogP) is 3.32. The quantitative estimate of drug-likeness (QED) is 0.552. The van der Waals surface area contributed by atoms with Gasteiger partial charge in [-0.05, 0) is 43.7 Å². The van der Waals surface area contributed by atoms with Crippen LogP contribution in [0.4, 0.5) is 5.69 Å². The predicted molar refractivity (Wildman–Crippen MR) is 110 cm³/mol. The number of anilines is 1. The maximum absolute atomic E-state index is 6.09. The van der Waals surface area contributed by atoms with Crippen molar-refractivity contribution in [2.24, 2.45) is 10.7 Å². The minimum atomic E-state index is 0.422. The van der Waals surface area contributed by atoms with Crippen molar-refractivity contribution in [2.45, 2.75) is 18.9 Å². The topological polar surface area (TPSA) is 72.1 Å². The maximum Gasteiger partial charge on any atom is 0.193 e. The van der Waals surface area contributed by atoms with Crippen LogP contribution in [0.2, 0.25) is 0 Å². The first-order chi connectivity index (χ1) is 13.2. The third kappa shape index (κ3) is 5.98. The number of hydrogen-bond donors (Lipinski definition) is 2. The molecule has 0 saturated carbocycles. The van der Waals surface area contributed by atoms with Crippen LogP contribution in [0.25, 0.3) is 0 Å². The number of para-hydroxylation sites is 1. The number of nitrogens with zero attached hydrogens (tertiary/aromatic N) is 2. The average molecular weight is 368 g/mol. The van der Waals surface area contributed by atoms with Gasteiger partial charge in [-0.2, -0.15) is 0 Å². The second kappa shape index (κ2) is 9.94. The Labute approximate surface area is 161 Å². The van der Waals surface area contributed by atoms with Crippen LogP contribution in [-0.2, 0) is 4.74 Å². The van der Waals surface area contributed by atoms with Gasteiger partial charge in [0.05, 0.1) is 13.2 Å². The number of benzene rings is 2. The molecule has 0 amide bonds. The van der Waals surface area contributed by atoms with Crippen LogP contribution < -0.4 is 15.8 Å². The summed E-state index contributed by atoms with van der Waals surface area (Å²) in [5, 5.41) is 3.15. The zero-order valence-corrected chi connectivity index (χ0v) is 15.8. The summed E-state index contributed by atoms with van der Waals surface area (Å²) in [6, 6.07) is 17.8. The van der Waals surface area contributed by atoms with Gasteiger partial charge in [0, 0.05) is 31.5 Å². The van der Waals surface area contributed by atoms with E-state index in [-0.39, 0.29) is 0 Å². The summed E-state index contributed by atoms with van der Waals surface area (Å²) in [5.74, 6) is 1.97. The number of methoxy groups -OCH3 is 1. The molecular weight excluding hydrogens is 340 g/mol. The number of aliphatic imine (C=N–C) groups is 1. The van der Waals surface area contributed by atoms with E-state index in [0.717, 1.165) is 43.3 Å². The Bertz CT molecular complexity index is 736. The molecule has 0 radical (unpaired) electrons. The fourth-order valence-electron chi connectivity index (χ4n) is 3.26. The van der Waals surface area contributed by atoms with Crippen LogP contribution in [0.15, 0.2) is 59.6 Å². The molecule has 0 aliphatic carbocycles. The number of nitrogens with two attached hydrogens (primary N) is 1. The summed E-state index contributed by atoms with van der Waals surface area (Å²) >= 11 is 0. The van der Waals surface area contributed by atoms with Gasteiger partial charge in [0.25, 0.3) is 0 Å². The standard InChI is InChI=1S/C21H28N4O2/c1-26-14-13-25-12-6-8-18(25)16-23-21(22)24-17-7-5-11-20(15-17)27-19-9-3-2-4-10-19/h2-5,7,9-11,15,18H,6,8,12-14,16H2,1H3,(H3,22,23,24). The summed E-state index contributed by atoms with van der Waals surface area (Å²) < 4.78 is 11.0. The number of hydrogen-bond acceptors (Lipinski definition) is 4. The highest BCUT2D eigenvalue weighted by Gasteiger charge is 2.23. The lowest BCUT2D eigenvalue weighted by molar-refractivity contribution is 0.143. The lowest BCUT2D eigenvalue weighted by Crippen LogP contribution is -2.35. The molecule has 1 aliphatic rings. The van der Waals surface area contributed by atoms with E-state index in [0.29, 0.717) is 18.5 Å². The molecule has 2 aromatic carbocycles. The lowest BCUT2D eigenvalue weighted by Gasteiger charge is -2.22. The summed E-state index contributed by atoms with van der Waals surface area (Å²) in [7, 11) is 1.74. The number of guanidine groups is 1. The van der Waals surface area contributed by atoms with Crippen LogP contribution >= 0.6 is 0 Å². The van der Waals surface area contributed by atoms with Gasteiger partial charge in [0.1, 0.15) is 11.5 Å². The Kier molecular flexibility index (Phi) is 7.07. The zero-order chi connectivity index (χ0) is 18.9. The van der Waals surface area contributed by atoms with Gasteiger partial charge in [-0.3, -0.25) is 9.89 Å². The Hall–Kier alpha value is -2.57. The van der Waals surface area contributed by atoms with Crippen LogP contribution in [0.5, 0.6) is 11.5 Å². The molecular formula is C21H28N4O2. The molecule has 1 heterocycles. The number of rotatable bonds is 8. The first kappa shape index (κ1) is 19.2. The third-order valence-electron chi connectivity index (χ3n) is 4.64. The van der Waals surface area contributed by atoms with Gasteiger partial charge in [0.2, 0.25) is 0 Å². The molecule has 6 heteroatoms. The van der Waals surface area contributed by atoms with Gasteiger partial charge in [0.15, 0.2) is 5.96 Å². The molecule has 3 N–H and O–H groups in total. The fourth-order valence-corrected chi connectivity index (χ4v) is 3.26. The SMILES string of the molecule is COCCN1CCCC1CN=C(N)Nc1cccc(Oc2ccccc2)c1. The molecule has 0 spiro atoms. The summed E-state index contributed by atoms with van der Waals surface area (Å²) in [6.07, 6.45) is 2.36. The van der Waals surface area contributed by atoms with E-state index in [4.69, 9.17) is 15.2 Å². The normalized spacial score (nSPS) is 17.8. The second-order valence-corrected chi connectivity index (χ2v) is 6.62. The maximum atomic E-state index is 6.09. The second-order valence-electron chi connectivity index (χ2n) is 6.62. The van der Waals surface area contributed by atoms with Crippen molar-refractivity contribution in [3.05, 3.63) is 54.6 Å². The molecule has 3 rings (SSSR count). The molecule has 0 bridgehead atoms. The molecule has 1 atom stereocenters. The average Bonchev–Trinajstić information content (AvgIpc) is 3.13. The van der Waals surface area contributed by atoms with Gasteiger partial charge in [-0.15, -0.1) is 0 Å². The highest BCUT2D eigenvalue weighted by atomic mass is 16.5. The minimum Gasteiger partial charge on any atom is -0.457 e. The van der Waals surface area contributed by atoms with E-state index in [2.05, 4.69) is 15.2 Å². The summed E-state index contributed by atoms with van der Waals surface area (Å²) in [5.41, 5.74) is 6.94. The molecule has 1 fully saturated rings. The molecule has 2 aromatic rings. The summed E-state index contributed by atoms with van der Waals surface area (Å²) in [4.78, 5) is 6.96. The first-order valence-electron chi connectivity index (χ1n) is 9.37. The Morgan fingerprint density at radius 2 is 2.00 bits per heavy atom. The Morgan fingerprint density at radius 3 is 2.81 bits per heavy atom. The van der Waals surface area contributed by atoms with E-state index in [9.17, 15) is 0 Å². The van der Waals surface area contributed by atoms with Gasteiger partial charge >= 0.3 is 0 Å². The van der Waals surface area contributed by atoms with Gasteiger partial charge in [-0.1, -0.05) is 24.3 Å². The van der Waals surface area contributed by atoms with E-state index in [1.54, 1.807) is 7.11 Å². The largest absolute Gasteiger partial charge is 0.457 e. The number of nitrogens with one attached hydrogen (secondary N) is 1. The highest BCUT2D eigenvalue weighted by molar-refractivity contribution is 5.92. The van der Waals surface area contributed by atoms with E-state index >= 15 is 0 Å².